The maximum absolute atomic E-state index is 12.1. The third-order valence-corrected chi connectivity index (χ3v) is 6.30. The molecule has 1 amide bonds. The normalized spacial score (nSPS) is 22.9. The molecule has 3 atom stereocenters. The van der Waals surface area contributed by atoms with Crippen LogP contribution in [0.25, 0.3) is 0 Å². The minimum absolute atomic E-state index is 0. The first kappa shape index (κ1) is 26.4. The molecular formula is C26H36IN5O2. The Kier molecular flexibility index (Phi) is 9.73. The molecule has 0 spiro atoms. The fourth-order valence-corrected chi connectivity index (χ4v) is 4.84. The molecule has 4 rings (SSSR count). The lowest BCUT2D eigenvalue weighted by molar-refractivity contribution is -0.116. The average Bonchev–Trinajstić information content (AvgIpc) is 2.79. The lowest BCUT2D eigenvalue weighted by Crippen LogP contribution is -2.45. The van der Waals surface area contributed by atoms with Crippen LogP contribution in [0.1, 0.15) is 42.9 Å². The number of guanidine groups is 1. The van der Waals surface area contributed by atoms with Crippen molar-refractivity contribution in [3.63, 3.8) is 0 Å². The van der Waals surface area contributed by atoms with Crippen LogP contribution in [0.15, 0.2) is 53.5 Å². The van der Waals surface area contributed by atoms with E-state index in [-0.39, 0.29) is 48.0 Å². The zero-order valence-corrected chi connectivity index (χ0v) is 22.5. The minimum Gasteiger partial charge on any atom is -0.373 e. The van der Waals surface area contributed by atoms with Gasteiger partial charge in [-0.1, -0.05) is 42.5 Å². The smallest absolute Gasteiger partial charge is 0.225 e. The van der Waals surface area contributed by atoms with Crippen molar-refractivity contribution in [1.29, 1.82) is 0 Å². The Morgan fingerprint density at radius 2 is 1.74 bits per heavy atom. The zero-order valence-electron chi connectivity index (χ0n) is 20.2. The van der Waals surface area contributed by atoms with Gasteiger partial charge in [0, 0.05) is 57.8 Å². The lowest BCUT2D eigenvalue weighted by Gasteiger charge is -2.35. The summed E-state index contributed by atoms with van der Waals surface area (Å²) in [6.07, 6.45) is 0.989. The van der Waals surface area contributed by atoms with Crippen LogP contribution in [0.5, 0.6) is 0 Å². The largest absolute Gasteiger partial charge is 0.373 e. The van der Waals surface area contributed by atoms with Gasteiger partial charge < -0.3 is 20.7 Å². The molecule has 0 aromatic heterocycles. The van der Waals surface area contributed by atoms with Crippen LogP contribution >= 0.6 is 24.0 Å². The first-order valence-electron chi connectivity index (χ1n) is 11.8. The van der Waals surface area contributed by atoms with E-state index in [9.17, 15) is 4.79 Å². The van der Waals surface area contributed by atoms with Crippen LogP contribution < -0.4 is 16.0 Å². The van der Waals surface area contributed by atoms with Gasteiger partial charge in [0.05, 0.1) is 12.2 Å². The average molecular weight is 578 g/mol. The first-order chi connectivity index (χ1) is 16.0. The van der Waals surface area contributed by atoms with E-state index in [1.54, 1.807) is 7.05 Å². The summed E-state index contributed by atoms with van der Waals surface area (Å²) >= 11 is 0. The Labute approximate surface area is 219 Å². The van der Waals surface area contributed by atoms with Gasteiger partial charge >= 0.3 is 0 Å². The van der Waals surface area contributed by atoms with E-state index in [2.05, 4.69) is 70.0 Å². The summed E-state index contributed by atoms with van der Waals surface area (Å²) in [4.78, 5) is 19.0. The number of ether oxygens (including phenoxy) is 1. The topological polar surface area (TPSA) is 78.0 Å². The number of nitrogens with one attached hydrogen (secondary N) is 3. The molecule has 7 nitrogen and oxygen atoms in total. The Morgan fingerprint density at radius 1 is 1.06 bits per heavy atom. The minimum atomic E-state index is 0. The Hall–Kier alpha value is -2.17. The van der Waals surface area contributed by atoms with Crippen molar-refractivity contribution in [1.82, 2.24) is 15.5 Å². The molecule has 34 heavy (non-hydrogen) atoms. The van der Waals surface area contributed by atoms with Crippen molar-refractivity contribution in [2.45, 2.75) is 51.5 Å². The summed E-state index contributed by atoms with van der Waals surface area (Å²) in [6.45, 7) is 8.43. The maximum Gasteiger partial charge on any atom is 0.225 e. The van der Waals surface area contributed by atoms with Crippen LogP contribution in [-0.4, -0.2) is 55.7 Å². The van der Waals surface area contributed by atoms with E-state index in [0.717, 1.165) is 31.3 Å². The highest BCUT2D eigenvalue weighted by atomic mass is 127. The van der Waals surface area contributed by atoms with Gasteiger partial charge in [-0.3, -0.25) is 14.7 Å². The number of para-hydroxylation sites is 1. The fraction of sp³-hybridized carbons (Fsp3) is 0.462. The number of halogens is 1. The molecule has 0 saturated carbocycles. The van der Waals surface area contributed by atoms with E-state index in [0.29, 0.717) is 19.5 Å². The highest BCUT2D eigenvalue weighted by Crippen LogP contribution is 2.31. The summed E-state index contributed by atoms with van der Waals surface area (Å²) < 4.78 is 5.88. The number of aliphatic imine (C=N–C) groups is 1. The highest BCUT2D eigenvalue weighted by Gasteiger charge is 2.25. The molecule has 0 aliphatic carbocycles. The maximum atomic E-state index is 12.1. The highest BCUT2D eigenvalue weighted by molar-refractivity contribution is 14.0. The number of carbonyl (C=O) groups is 1. The van der Waals surface area contributed by atoms with Gasteiger partial charge in [-0.15, -0.1) is 24.0 Å². The van der Waals surface area contributed by atoms with E-state index >= 15 is 0 Å². The SMILES string of the molecule is CN=C(NCc1ccccc1CN1CC(C)OC(C)C1)NCC1CC(=O)Nc2ccccc21.I. The second-order valence-corrected chi connectivity index (χ2v) is 9.06. The molecule has 1 saturated heterocycles. The molecule has 2 aliphatic rings. The second kappa shape index (κ2) is 12.5. The molecule has 2 heterocycles. The molecule has 2 aliphatic heterocycles. The van der Waals surface area contributed by atoms with Gasteiger partial charge in [0.15, 0.2) is 5.96 Å². The molecule has 0 radical (unpaired) electrons. The number of fused-ring (bicyclic) bond motifs is 1. The molecule has 1 fully saturated rings. The van der Waals surface area contributed by atoms with Gasteiger partial charge in [0.1, 0.15) is 0 Å². The second-order valence-electron chi connectivity index (χ2n) is 9.06. The van der Waals surface area contributed by atoms with Gasteiger partial charge in [-0.25, -0.2) is 0 Å². The van der Waals surface area contributed by atoms with E-state index in [4.69, 9.17) is 4.74 Å². The molecular weight excluding hydrogens is 541 g/mol. The van der Waals surface area contributed by atoms with E-state index in [1.165, 1.54) is 16.7 Å². The van der Waals surface area contributed by atoms with Crippen molar-refractivity contribution < 1.29 is 9.53 Å². The Morgan fingerprint density at radius 3 is 2.47 bits per heavy atom. The third-order valence-electron chi connectivity index (χ3n) is 6.30. The third kappa shape index (κ3) is 6.93. The standard InChI is InChI=1S/C26H35N5O2.HI/c1-18-15-31(16-19(2)33-18)17-21-9-5-4-8-20(21)13-28-26(27-3)29-14-22-12-25(32)30-24-11-7-6-10-23(22)24;/h4-11,18-19,22H,12-17H2,1-3H3,(H,30,32)(H2,27,28,29);1H. The number of rotatable bonds is 6. The zero-order chi connectivity index (χ0) is 23.2. The number of carbonyl (C=O) groups excluding carboxylic acids is 1. The van der Waals surface area contributed by atoms with Gasteiger partial charge in [0.25, 0.3) is 0 Å². The molecule has 3 unspecified atom stereocenters. The van der Waals surface area contributed by atoms with Crippen LogP contribution in [0.2, 0.25) is 0 Å². The first-order valence-corrected chi connectivity index (χ1v) is 11.8. The fourth-order valence-electron chi connectivity index (χ4n) is 4.84. The van der Waals surface area contributed by atoms with Gasteiger partial charge in [-0.05, 0) is 36.6 Å². The predicted molar refractivity (Wildman–Crippen MR) is 148 cm³/mol. The van der Waals surface area contributed by atoms with Crippen LogP contribution in [0.4, 0.5) is 5.69 Å². The van der Waals surface area contributed by atoms with Crippen molar-refractivity contribution in [3.8, 4) is 0 Å². The number of benzene rings is 2. The number of hydrogen-bond donors (Lipinski definition) is 3. The van der Waals surface area contributed by atoms with Crippen molar-refractivity contribution in [2.24, 2.45) is 4.99 Å². The number of nitrogens with zero attached hydrogens (tertiary/aromatic N) is 2. The predicted octanol–water partition coefficient (Wildman–Crippen LogP) is 3.70. The van der Waals surface area contributed by atoms with Crippen molar-refractivity contribution in [3.05, 3.63) is 65.2 Å². The van der Waals surface area contributed by atoms with Crippen LogP contribution in [-0.2, 0) is 22.6 Å². The molecule has 8 heteroatoms. The summed E-state index contributed by atoms with van der Waals surface area (Å²) in [5.41, 5.74) is 4.65. The molecule has 184 valence electrons. The van der Waals surface area contributed by atoms with Crippen molar-refractivity contribution >= 4 is 41.5 Å². The summed E-state index contributed by atoms with van der Waals surface area (Å²) in [6, 6.07) is 16.6. The number of hydrogen-bond acceptors (Lipinski definition) is 4. The summed E-state index contributed by atoms with van der Waals surface area (Å²) in [5.74, 6) is 0.914. The summed E-state index contributed by atoms with van der Waals surface area (Å²) in [7, 11) is 1.78. The monoisotopic (exact) mass is 577 g/mol. The quantitative estimate of drug-likeness (QED) is 0.278. The Bertz CT molecular complexity index is 989. The van der Waals surface area contributed by atoms with E-state index in [1.807, 2.05) is 18.2 Å². The number of anilines is 1. The number of morpholine rings is 1. The summed E-state index contributed by atoms with van der Waals surface area (Å²) in [5, 5.41) is 9.82. The molecule has 2 aromatic rings. The van der Waals surface area contributed by atoms with E-state index < -0.39 is 0 Å². The lowest BCUT2D eigenvalue weighted by atomic mass is 9.90. The van der Waals surface area contributed by atoms with Crippen LogP contribution in [0.3, 0.4) is 0 Å². The van der Waals surface area contributed by atoms with Gasteiger partial charge in [-0.2, -0.15) is 0 Å². The number of amides is 1. The molecule has 0 bridgehead atoms. The molecule has 2 aromatic carbocycles. The molecule has 3 N–H and O–H groups in total. The van der Waals surface area contributed by atoms with Crippen molar-refractivity contribution in [2.75, 3.05) is 32.0 Å². The Balaban J connectivity index is 0.00000324. The van der Waals surface area contributed by atoms with Gasteiger partial charge in [0.2, 0.25) is 5.91 Å². The van der Waals surface area contributed by atoms with Crippen LogP contribution in [0, 0.1) is 0 Å².